The molecule has 3 N–H and O–H groups in total. The largest absolute Gasteiger partial charge is 0.485 e. The zero-order valence-corrected chi connectivity index (χ0v) is 17.6. The van der Waals surface area contributed by atoms with E-state index in [9.17, 15) is 4.79 Å². The van der Waals surface area contributed by atoms with Crippen LogP contribution in [0.2, 0.25) is 0 Å². The van der Waals surface area contributed by atoms with E-state index in [-0.39, 0.29) is 17.8 Å². The molecule has 28 heavy (non-hydrogen) atoms. The van der Waals surface area contributed by atoms with Gasteiger partial charge in [-0.25, -0.2) is 4.68 Å². The van der Waals surface area contributed by atoms with E-state index in [1.54, 1.807) is 11.3 Å². The summed E-state index contributed by atoms with van der Waals surface area (Å²) in [5.74, 6) is 7.29. The Bertz CT molecular complexity index is 940. The molecular formula is C19H23N5O2S2. The van der Waals surface area contributed by atoms with Gasteiger partial charge in [0.1, 0.15) is 12.4 Å². The fourth-order valence-electron chi connectivity index (χ4n) is 2.53. The zero-order chi connectivity index (χ0) is 20.1. The van der Waals surface area contributed by atoms with Gasteiger partial charge in [0.05, 0.1) is 11.8 Å². The first-order valence-electron chi connectivity index (χ1n) is 8.80. The van der Waals surface area contributed by atoms with Crippen LogP contribution < -0.4 is 15.9 Å². The molecule has 0 radical (unpaired) electrons. The van der Waals surface area contributed by atoms with E-state index in [1.807, 2.05) is 50.4 Å². The van der Waals surface area contributed by atoms with Gasteiger partial charge in [0.25, 0.3) is 0 Å². The van der Waals surface area contributed by atoms with Gasteiger partial charge in [-0.05, 0) is 43.8 Å². The topological polar surface area (TPSA) is 95.1 Å². The number of benzene rings is 1. The number of nitrogens with zero attached hydrogens (tertiary/aromatic N) is 3. The highest BCUT2D eigenvalue weighted by atomic mass is 32.2. The number of thioether (sulfide) groups is 1. The van der Waals surface area contributed by atoms with Crippen molar-refractivity contribution in [1.82, 2.24) is 20.2 Å². The number of nitrogen functional groups attached to an aromatic ring is 1. The molecule has 0 spiro atoms. The van der Waals surface area contributed by atoms with Gasteiger partial charge in [0, 0.05) is 4.88 Å². The lowest BCUT2D eigenvalue weighted by molar-refractivity contribution is -0.120. The van der Waals surface area contributed by atoms with Gasteiger partial charge >= 0.3 is 0 Å². The minimum atomic E-state index is -0.348. The molecule has 7 nitrogen and oxygen atoms in total. The van der Waals surface area contributed by atoms with Crippen molar-refractivity contribution < 1.29 is 9.53 Å². The highest BCUT2D eigenvalue weighted by Crippen LogP contribution is 2.23. The highest BCUT2D eigenvalue weighted by molar-refractivity contribution is 8.00. The minimum Gasteiger partial charge on any atom is -0.485 e. The van der Waals surface area contributed by atoms with Crippen molar-refractivity contribution in [3.8, 4) is 5.75 Å². The number of aryl methyl sites for hydroxylation is 2. The Morgan fingerprint density at radius 2 is 2.18 bits per heavy atom. The van der Waals surface area contributed by atoms with E-state index >= 15 is 0 Å². The summed E-state index contributed by atoms with van der Waals surface area (Å²) in [6.45, 7) is 6.56. The molecule has 0 aliphatic heterocycles. The molecule has 3 aromatic rings. The molecule has 0 fully saturated rings. The van der Waals surface area contributed by atoms with Crippen LogP contribution in [0.3, 0.4) is 0 Å². The second-order valence-electron chi connectivity index (χ2n) is 6.38. The maximum atomic E-state index is 12.3. The lowest BCUT2D eigenvalue weighted by Crippen LogP contribution is -2.30. The molecular weight excluding hydrogens is 394 g/mol. The highest BCUT2D eigenvalue weighted by Gasteiger charge is 2.19. The summed E-state index contributed by atoms with van der Waals surface area (Å²) in [6.07, 6.45) is 0. The molecule has 0 aliphatic carbocycles. The Kier molecular flexibility index (Phi) is 6.58. The van der Waals surface area contributed by atoms with Gasteiger partial charge in [-0.15, -0.1) is 21.5 Å². The summed E-state index contributed by atoms with van der Waals surface area (Å²) in [6, 6.07) is 9.93. The third-order valence-corrected chi connectivity index (χ3v) is 6.02. The number of rotatable bonds is 8. The Hall–Kier alpha value is -2.52. The molecule has 0 aliphatic rings. The summed E-state index contributed by atoms with van der Waals surface area (Å²) in [7, 11) is 0. The number of carbonyl (C=O) groups excluding carboxylic acids is 1. The number of aromatic nitrogens is 3. The fourth-order valence-corrected chi connectivity index (χ4v) is 3.99. The van der Waals surface area contributed by atoms with Crippen molar-refractivity contribution in [1.29, 1.82) is 0 Å². The van der Waals surface area contributed by atoms with E-state index in [0.717, 1.165) is 16.2 Å². The molecule has 0 bridgehead atoms. The third kappa shape index (κ3) is 5.05. The van der Waals surface area contributed by atoms with Crippen LogP contribution in [0.25, 0.3) is 0 Å². The second kappa shape index (κ2) is 9.11. The molecule has 9 heteroatoms. The average Bonchev–Trinajstić information content (AvgIpc) is 3.30. The van der Waals surface area contributed by atoms with Crippen molar-refractivity contribution in [3.63, 3.8) is 0 Å². The predicted octanol–water partition coefficient (Wildman–Crippen LogP) is 3.05. The van der Waals surface area contributed by atoms with Crippen LogP contribution in [0.15, 0.2) is 40.9 Å². The van der Waals surface area contributed by atoms with Crippen LogP contribution in [0.4, 0.5) is 0 Å². The van der Waals surface area contributed by atoms with Gasteiger partial charge in [0.15, 0.2) is 5.82 Å². The number of carbonyl (C=O) groups is 1. The fraction of sp³-hybridized carbons (Fsp3) is 0.316. The van der Waals surface area contributed by atoms with Gasteiger partial charge < -0.3 is 15.9 Å². The third-order valence-electron chi connectivity index (χ3n) is 4.09. The SMILES string of the molecule is Cc1ccc(OCc2nnc(S[C@H](C)C(=O)NCc3cccs3)n2N)c(C)c1. The van der Waals surface area contributed by atoms with Crippen molar-refractivity contribution in [2.45, 2.75) is 44.3 Å². The Morgan fingerprint density at radius 1 is 1.36 bits per heavy atom. The Labute approximate surface area is 172 Å². The van der Waals surface area contributed by atoms with E-state index in [2.05, 4.69) is 21.6 Å². The average molecular weight is 418 g/mol. The number of ether oxygens (including phenoxy) is 1. The molecule has 2 heterocycles. The number of nitrogens with one attached hydrogen (secondary N) is 1. The van der Waals surface area contributed by atoms with E-state index in [4.69, 9.17) is 10.6 Å². The molecule has 148 valence electrons. The quantitative estimate of drug-likeness (QED) is 0.432. The Morgan fingerprint density at radius 3 is 2.89 bits per heavy atom. The summed E-state index contributed by atoms with van der Waals surface area (Å²) in [4.78, 5) is 13.4. The van der Waals surface area contributed by atoms with E-state index in [1.165, 1.54) is 22.0 Å². The summed E-state index contributed by atoms with van der Waals surface area (Å²) >= 11 is 2.87. The summed E-state index contributed by atoms with van der Waals surface area (Å²) < 4.78 is 7.19. The molecule has 1 amide bonds. The summed E-state index contributed by atoms with van der Waals surface area (Å²) in [5.41, 5.74) is 2.23. The number of amides is 1. The monoisotopic (exact) mass is 417 g/mol. The van der Waals surface area contributed by atoms with Crippen LogP contribution in [0.5, 0.6) is 5.75 Å². The second-order valence-corrected chi connectivity index (χ2v) is 8.72. The molecule has 0 unspecified atom stereocenters. The first-order valence-corrected chi connectivity index (χ1v) is 10.6. The predicted molar refractivity (Wildman–Crippen MR) is 112 cm³/mol. The van der Waals surface area contributed by atoms with Crippen molar-refractivity contribution >= 4 is 29.0 Å². The first-order chi connectivity index (χ1) is 13.4. The maximum absolute atomic E-state index is 12.3. The Balaban J connectivity index is 1.55. The van der Waals surface area contributed by atoms with Crippen LogP contribution in [0, 0.1) is 13.8 Å². The molecule has 2 aromatic heterocycles. The molecule has 1 aromatic carbocycles. The molecule has 0 saturated heterocycles. The van der Waals surface area contributed by atoms with Gasteiger partial charge in [-0.1, -0.05) is 35.5 Å². The molecule has 3 rings (SSSR count). The van der Waals surface area contributed by atoms with Crippen LogP contribution >= 0.6 is 23.1 Å². The van der Waals surface area contributed by atoms with Crippen molar-refractivity contribution in [2.24, 2.45) is 0 Å². The normalized spacial score (nSPS) is 12.0. The van der Waals surface area contributed by atoms with Crippen LogP contribution in [-0.4, -0.2) is 26.0 Å². The number of nitrogens with two attached hydrogens (primary N) is 1. The zero-order valence-electron chi connectivity index (χ0n) is 16.0. The standard InChI is InChI=1S/C19H23N5O2S2/c1-12-6-7-16(13(2)9-12)26-11-17-22-23-19(24(17)20)28-14(3)18(25)21-10-15-5-4-8-27-15/h4-9,14H,10-11,20H2,1-3H3,(H,21,25)/t14-/m1/s1. The number of hydrogen-bond donors (Lipinski definition) is 2. The number of hydrogen-bond acceptors (Lipinski definition) is 7. The van der Waals surface area contributed by atoms with Crippen LogP contribution in [0.1, 0.15) is 28.8 Å². The van der Waals surface area contributed by atoms with Crippen LogP contribution in [-0.2, 0) is 17.9 Å². The lowest BCUT2D eigenvalue weighted by atomic mass is 10.1. The summed E-state index contributed by atoms with van der Waals surface area (Å²) in [5, 5.41) is 13.2. The van der Waals surface area contributed by atoms with Gasteiger partial charge in [0.2, 0.25) is 11.1 Å². The smallest absolute Gasteiger partial charge is 0.233 e. The van der Waals surface area contributed by atoms with E-state index < -0.39 is 0 Å². The van der Waals surface area contributed by atoms with Crippen molar-refractivity contribution in [3.05, 3.63) is 57.5 Å². The first kappa shape index (κ1) is 20.2. The van der Waals surface area contributed by atoms with E-state index in [0.29, 0.717) is 17.5 Å². The minimum absolute atomic E-state index is 0.0746. The number of thiophene rings is 1. The maximum Gasteiger partial charge on any atom is 0.233 e. The molecule has 0 saturated carbocycles. The van der Waals surface area contributed by atoms with Crippen molar-refractivity contribution in [2.75, 3.05) is 5.84 Å². The van der Waals surface area contributed by atoms with Gasteiger partial charge in [-0.2, -0.15) is 0 Å². The van der Waals surface area contributed by atoms with Gasteiger partial charge in [-0.3, -0.25) is 4.79 Å². The lowest BCUT2D eigenvalue weighted by Gasteiger charge is -2.11. The molecule has 1 atom stereocenters.